The van der Waals surface area contributed by atoms with Crippen LogP contribution in [0.5, 0.6) is 0 Å². The molecule has 0 spiro atoms. The number of rotatable bonds is 11. The fourth-order valence-corrected chi connectivity index (χ4v) is 4.49. The summed E-state index contributed by atoms with van der Waals surface area (Å²) < 4.78 is 39.3. The quantitative estimate of drug-likeness (QED) is 0.440. The third-order valence-electron chi connectivity index (χ3n) is 5.32. The number of hydrogen-bond donors (Lipinski definition) is 2. The van der Waals surface area contributed by atoms with Crippen molar-refractivity contribution in [3.05, 3.63) is 78.1 Å². The Balaban J connectivity index is 1.68. The highest BCUT2D eigenvalue weighted by Crippen LogP contribution is 2.20. The number of furan rings is 2. The lowest BCUT2D eigenvalue weighted by atomic mass is 10.2. The molecule has 3 aromatic rings. The molecular formula is C23H30N4O5S. The smallest absolute Gasteiger partial charge is 0.251 e. The van der Waals surface area contributed by atoms with E-state index in [0.717, 1.165) is 5.76 Å². The van der Waals surface area contributed by atoms with Crippen LogP contribution in [0.2, 0.25) is 0 Å². The number of nitrogens with one attached hydrogen (secondary N) is 2. The lowest BCUT2D eigenvalue weighted by Crippen LogP contribution is -2.35. The summed E-state index contributed by atoms with van der Waals surface area (Å²) in [7, 11) is 3.63. The number of likely N-dealkylation sites (N-methyl/N-ethyl adjacent to an activating group) is 2. The molecule has 2 atom stereocenters. The Morgan fingerprint density at radius 3 is 1.97 bits per heavy atom. The molecule has 0 bridgehead atoms. The predicted molar refractivity (Wildman–Crippen MR) is 124 cm³/mol. The lowest BCUT2D eigenvalue weighted by molar-refractivity contribution is 0.0939. The first-order valence-corrected chi connectivity index (χ1v) is 11.9. The molecule has 0 aliphatic rings. The summed E-state index contributed by atoms with van der Waals surface area (Å²) in [6, 6.07) is 12.7. The Kier molecular flexibility index (Phi) is 8.09. The number of carbonyl (C=O) groups is 1. The summed E-state index contributed by atoms with van der Waals surface area (Å²) in [5.74, 6) is 1.02. The average Bonchev–Trinajstić information content (AvgIpc) is 3.48. The number of carbonyl (C=O) groups excluding carboxylic acids is 1. The highest BCUT2D eigenvalue weighted by molar-refractivity contribution is 7.89. The van der Waals surface area contributed by atoms with E-state index in [1.165, 1.54) is 12.1 Å². The lowest BCUT2D eigenvalue weighted by Gasteiger charge is -2.23. The van der Waals surface area contributed by atoms with Crippen LogP contribution in [0.4, 0.5) is 0 Å². The topological polar surface area (TPSA) is 108 Å². The van der Waals surface area contributed by atoms with Crippen LogP contribution in [0.3, 0.4) is 0 Å². The van der Waals surface area contributed by atoms with Gasteiger partial charge < -0.3 is 14.2 Å². The molecule has 3 rings (SSSR count). The van der Waals surface area contributed by atoms with Gasteiger partial charge in [0.05, 0.1) is 29.5 Å². The van der Waals surface area contributed by atoms with Crippen LogP contribution in [0.15, 0.2) is 74.8 Å². The van der Waals surface area contributed by atoms with Crippen LogP contribution in [0.25, 0.3) is 0 Å². The normalized spacial score (nSPS) is 13.9. The molecule has 0 aliphatic carbocycles. The molecule has 2 N–H and O–H groups in total. The molecule has 9 nitrogen and oxygen atoms in total. The van der Waals surface area contributed by atoms with E-state index < -0.39 is 10.0 Å². The van der Waals surface area contributed by atoms with Gasteiger partial charge in [0.15, 0.2) is 0 Å². The van der Waals surface area contributed by atoms with Crippen LogP contribution < -0.4 is 10.0 Å². The van der Waals surface area contributed by atoms with Gasteiger partial charge in [0, 0.05) is 18.7 Å². The molecule has 0 saturated heterocycles. The average molecular weight is 475 g/mol. The fraction of sp³-hybridized carbons (Fsp3) is 0.348. The van der Waals surface area contributed by atoms with E-state index in [-0.39, 0.29) is 35.0 Å². The van der Waals surface area contributed by atoms with Gasteiger partial charge in [-0.25, -0.2) is 13.1 Å². The molecule has 1 aromatic carbocycles. The Morgan fingerprint density at radius 2 is 1.45 bits per heavy atom. The summed E-state index contributed by atoms with van der Waals surface area (Å²) in [6.07, 6.45) is 3.14. The van der Waals surface area contributed by atoms with E-state index in [0.29, 0.717) is 12.3 Å². The summed E-state index contributed by atoms with van der Waals surface area (Å²) in [6.45, 7) is 0.426. The second-order valence-electron chi connectivity index (χ2n) is 8.08. The van der Waals surface area contributed by atoms with Gasteiger partial charge >= 0.3 is 0 Å². The highest BCUT2D eigenvalue weighted by atomic mass is 32.2. The van der Waals surface area contributed by atoms with Crippen LogP contribution in [-0.2, 0) is 10.0 Å². The Bertz CT molecular complexity index is 1130. The minimum Gasteiger partial charge on any atom is -0.468 e. The molecular weight excluding hydrogens is 444 g/mol. The largest absolute Gasteiger partial charge is 0.468 e. The zero-order valence-electron chi connectivity index (χ0n) is 19.2. The maximum absolute atomic E-state index is 12.9. The number of hydrogen-bond acceptors (Lipinski definition) is 7. The Hall–Kier alpha value is -2.92. The minimum atomic E-state index is -3.84. The molecule has 0 radical (unpaired) electrons. The van der Waals surface area contributed by atoms with Crippen molar-refractivity contribution in [3.63, 3.8) is 0 Å². The number of nitrogens with zero attached hydrogens (tertiary/aromatic N) is 2. The molecule has 0 aliphatic heterocycles. The van der Waals surface area contributed by atoms with E-state index in [2.05, 4.69) is 10.0 Å². The molecule has 0 unspecified atom stereocenters. The molecule has 2 aromatic heterocycles. The monoisotopic (exact) mass is 474 g/mol. The van der Waals surface area contributed by atoms with Gasteiger partial charge in [-0.1, -0.05) is 6.07 Å². The van der Waals surface area contributed by atoms with E-state index in [1.54, 1.807) is 42.9 Å². The molecule has 178 valence electrons. The Morgan fingerprint density at radius 1 is 0.879 bits per heavy atom. The molecule has 2 heterocycles. The van der Waals surface area contributed by atoms with Crippen LogP contribution in [0.1, 0.15) is 34.0 Å². The van der Waals surface area contributed by atoms with Gasteiger partial charge in [-0.05, 0) is 70.7 Å². The predicted octanol–water partition coefficient (Wildman–Crippen LogP) is 2.49. The van der Waals surface area contributed by atoms with Gasteiger partial charge in [-0.2, -0.15) is 0 Å². The molecule has 1 amide bonds. The van der Waals surface area contributed by atoms with E-state index in [1.807, 2.05) is 44.1 Å². The summed E-state index contributed by atoms with van der Waals surface area (Å²) >= 11 is 0. The number of sulfonamides is 1. The zero-order valence-corrected chi connectivity index (χ0v) is 20.0. The standard InChI is InChI=1S/C23H30N4O5S/c1-26(2)19(21-10-6-12-31-21)15-24-23(28)17-8-5-9-18(14-17)33(29,30)25-16-20(27(3)4)22-11-7-13-32-22/h5-14,19-20,25H,15-16H2,1-4H3,(H,24,28)/t19-,20-/m0/s1. The van der Waals surface area contributed by atoms with E-state index in [4.69, 9.17) is 8.83 Å². The third kappa shape index (κ3) is 6.32. The van der Waals surface area contributed by atoms with Gasteiger partial charge in [0.25, 0.3) is 5.91 Å². The van der Waals surface area contributed by atoms with Gasteiger partial charge in [-0.3, -0.25) is 14.6 Å². The SMILES string of the molecule is CN(C)[C@@H](CNC(=O)c1cccc(S(=O)(=O)NC[C@@H](c2ccco2)N(C)C)c1)c1ccco1. The molecule has 10 heteroatoms. The third-order valence-corrected chi connectivity index (χ3v) is 6.74. The zero-order chi connectivity index (χ0) is 24.0. The van der Waals surface area contributed by atoms with Gasteiger partial charge in [0.1, 0.15) is 11.5 Å². The molecule has 0 saturated carbocycles. The first-order valence-electron chi connectivity index (χ1n) is 10.5. The second kappa shape index (κ2) is 10.8. The van der Waals surface area contributed by atoms with Crippen molar-refractivity contribution in [1.82, 2.24) is 19.8 Å². The van der Waals surface area contributed by atoms with Crippen molar-refractivity contribution in [2.75, 3.05) is 41.3 Å². The minimum absolute atomic E-state index is 0.0160. The first-order chi connectivity index (χ1) is 15.7. The number of amides is 1. The van der Waals surface area contributed by atoms with Crippen molar-refractivity contribution < 1.29 is 22.0 Å². The fourth-order valence-electron chi connectivity index (χ4n) is 3.40. The van der Waals surface area contributed by atoms with Crippen LogP contribution >= 0.6 is 0 Å². The van der Waals surface area contributed by atoms with Crippen LogP contribution in [-0.4, -0.2) is 65.4 Å². The maximum Gasteiger partial charge on any atom is 0.251 e. The van der Waals surface area contributed by atoms with Crippen molar-refractivity contribution in [1.29, 1.82) is 0 Å². The highest BCUT2D eigenvalue weighted by Gasteiger charge is 2.23. The second-order valence-corrected chi connectivity index (χ2v) is 9.85. The van der Waals surface area contributed by atoms with Crippen molar-refractivity contribution in [2.45, 2.75) is 17.0 Å². The summed E-state index contributed by atoms with van der Waals surface area (Å²) in [5.41, 5.74) is 0.255. The van der Waals surface area contributed by atoms with E-state index in [9.17, 15) is 13.2 Å². The number of benzene rings is 1. The van der Waals surface area contributed by atoms with Gasteiger partial charge in [-0.15, -0.1) is 0 Å². The van der Waals surface area contributed by atoms with Crippen molar-refractivity contribution in [2.24, 2.45) is 0 Å². The summed E-state index contributed by atoms with van der Waals surface area (Å²) in [5, 5.41) is 2.86. The molecule has 0 fully saturated rings. The maximum atomic E-state index is 12.9. The van der Waals surface area contributed by atoms with E-state index >= 15 is 0 Å². The van der Waals surface area contributed by atoms with Crippen LogP contribution in [0, 0.1) is 0 Å². The first kappa shape index (κ1) is 24.7. The van der Waals surface area contributed by atoms with Crippen molar-refractivity contribution >= 4 is 15.9 Å². The Labute approximate surface area is 194 Å². The van der Waals surface area contributed by atoms with Crippen molar-refractivity contribution in [3.8, 4) is 0 Å². The summed E-state index contributed by atoms with van der Waals surface area (Å²) in [4.78, 5) is 16.6. The van der Waals surface area contributed by atoms with Gasteiger partial charge in [0.2, 0.25) is 10.0 Å². The molecule has 33 heavy (non-hydrogen) atoms.